The summed E-state index contributed by atoms with van der Waals surface area (Å²) in [4.78, 5) is 28.0. The number of carbonyl (C=O) groups is 1. The summed E-state index contributed by atoms with van der Waals surface area (Å²) in [6, 6.07) is -0.234. The summed E-state index contributed by atoms with van der Waals surface area (Å²) in [7, 11) is 5.30. The zero-order chi connectivity index (χ0) is 14.0. The second-order valence-corrected chi connectivity index (χ2v) is 4.65. The molecule has 1 aromatic rings. The molecule has 3 N–H and O–H groups in total. The fourth-order valence-corrected chi connectivity index (χ4v) is 2.14. The predicted octanol–water partition coefficient (Wildman–Crippen LogP) is -0.765. The quantitative estimate of drug-likeness (QED) is 0.740. The molecule has 1 fully saturated rings. The molecule has 0 spiro atoms. The number of nitrogens with zero attached hydrogens (tertiary/aromatic N) is 5. The molecule has 1 aliphatic heterocycles. The van der Waals surface area contributed by atoms with Gasteiger partial charge in [0.2, 0.25) is 23.8 Å². The van der Waals surface area contributed by atoms with E-state index >= 15 is 0 Å². The minimum Gasteiger partial charge on any atom is -0.368 e. The third-order valence-electron chi connectivity index (χ3n) is 3.09. The molecular weight excluding hydrogens is 246 g/mol. The molecular formula is C11H19N7O. The monoisotopic (exact) mass is 265 g/mol. The Labute approximate surface area is 112 Å². The third-order valence-corrected chi connectivity index (χ3v) is 3.09. The van der Waals surface area contributed by atoms with Gasteiger partial charge in [0.1, 0.15) is 6.04 Å². The Kier molecular flexibility index (Phi) is 3.68. The van der Waals surface area contributed by atoms with Crippen molar-refractivity contribution in [3.63, 3.8) is 0 Å². The molecule has 1 aliphatic rings. The Bertz CT molecular complexity index is 476. The van der Waals surface area contributed by atoms with E-state index in [0.717, 1.165) is 19.4 Å². The maximum Gasteiger partial charge on any atom is 0.242 e. The van der Waals surface area contributed by atoms with Gasteiger partial charge in [-0.05, 0) is 12.8 Å². The minimum absolute atomic E-state index is 0.0251. The lowest BCUT2D eigenvalue weighted by atomic mass is 10.2. The topological polar surface area (TPSA) is 100 Å². The average molecular weight is 265 g/mol. The van der Waals surface area contributed by atoms with Gasteiger partial charge in [0, 0.05) is 27.7 Å². The summed E-state index contributed by atoms with van der Waals surface area (Å²) < 4.78 is 0. The van der Waals surface area contributed by atoms with E-state index in [4.69, 9.17) is 5.73 Å². The number of nitrogen functional groups attached to an aromatic ring is 1. The summed E-state index contributed by atoms with van der Waals surface area (Å²) in [5, 5.41) is 2.67. The first-order valence-corrected chi connectivity index (χ1v) is 6.20. The molecule has 1 unspecified atom stereocenters. The van der Waals surface area contributed by atoms with Gasteiger partial charge in [0.05, 0.1) is 0 Å². The number of aromatic nitrogens is 3. The van der Waals surface area contributed by atoms with Gasteiger partial charge in [-0.15, -0.1) is 0 Å². The number of amides is 1. The van der Waals surface area contributed by atoms with Crippen LogP contribution >= 0.6 is 0 Å². The molecule has 0 aromatic carbocycles. The van der Waals surface area contributed by atoms with Gasteiger partial charge in [-0.25, -0.2) is 0 Å². The molecule has 2 rings (SSSR count). The Morgan fingerprint density at radius 1 is 1.42 bits per heavy atom. The van der Waals surface area contributed by atoms with Crippen LogP contribution in [0.2, 0.25) is 0 Å². The SMILES string of the molecule is CNC(=O)C1CCCN1c1nc(N)nc(N(C)C)n1. The second kappa shape index (κ2) is 5.25. The molecule has 0 aliphatic carbocycles. The highest BCUT2D eigenvalue weighted by molar-refractivity contribution is 5.85. The van der Waals surface area contributed by atoms with Crippen molar-refractivity contribution >= 4 is 23.8 Å². The summed E-state index contributed by atoms with van der Waals surface area (Å²) >= 11 is 0. The second-order valence-electron chi connectivity index (χ2n) is 4.65. The van der Waals surface area contributed by atoms with Crippen LogP contribution < -0.4 is 20.9 Å². The van der Waals surface area contributed by atoms with Crippen LogP contribution in [0.1, 0.15) is 12.8 Å². The summed E-state index contributed by atoms with van der Waals surface area (Å²) in [5.41, 5.74) is 5.70. The Hall–Kier alpha value is -2.12. The fourth-order valence-electron chi connectivity index (χ4n) is 2.14. The van der Waals surface area contributed by atoms with Crippen molar-refractivity contribution in [3.05, 3.63) is 0 Å². The third kappa shape index (κ3) is 2.67. The lowest BCUT2D eigenvalue weighted by Gasteiger charge is -2.24. The maximum atomic E-state index is 11.8. The van der Waals surface area contributed by atoms with Crippen LogP contribution in [0.15, 0.2) is 0 Å². The molecule has 1 saturated heterocycles. The normalized spacial score (nSPS) is 18.5. The van der Waals surface area contributed by atoms with E-state index in [1.165, 1.54) is 0 Å². The number of anilines is 3. The highest BCUT2D eigenvalue weighted by Gasteiger charge is 2.32. The van der Waals surface area contributed by atoms with Crippen molar-refractivity contribution in [2.45, 2.75) is 18.9 Å². The van der Waals surface area contributed by atoms with Gasteiger partial charge in [-0.1, -0.05) is 0 Å². The summed E-state index contributed by atoms with van der Waals surface area (Å²) in [6.07, 6.45) is 1.73. The largest absolute Gasteiger partial charge is 0.368 e. The number of hydrogen-bond donors (Lipinski definition) is 2. The van der Waals surface area contributed by atoms with E-state index in [1.807, 2.05) is 19.0 Å². The van der Waals surface area contributed by atoms with Crippen LogP contribution in [0, 0.1) is 0 Å². The van der Waals surface area contributed by atoms with E-state index in [0.29, 0.717) is 11.9 Å². The molecule has 1 atom stereocenters. The number of likely N-dealkylation sites (N-methyl/N-ethyl adjacent to an activating group) is 1. The van der Waals surface area contributed by atoms with Gasteiger partial charge in [-0.3, -0.25) is 4.79 Å². The van der Waals surface area contributed by atoms with Gasteiger partial charge in [0.25, 0.3) is 0 Å². The molecule has 8 nitrogen and oxygen atoms in total. The summed E-state index contributed by atoms with van der Waals surface area (Å²) in [6.45, 7) is 0.744. The number of hydrogen-bond acceptors (Lipinski definition) is 7. The van der Waals surface area contributed by atoms with E-state index in [2.05, 4.69) is 20.3 Å². The van der Waals surface area contributed by atoms with E-state index in [1.54, 1.807) is 11.9 Å². The lowest BCUT2D eigenvalue weighted by molar-refractivity contribution is -0.121. The summed E-state index contributed by atoms with van der Waals surface area (Å²) in [5.74, 6) is 1.09. The van der Waals surface area contributed by atoms with Crippen LogP contribution in [0.4, 0.5) is 17.8 Å². The predicted molar refractivity (Wildman–Crippen MR) is 73.0 cm³/mol. The lowest BCUT2D eigenvalue weighted by Crippen LogP contribution is -2.43. The first-order chi connectivity index (χ1) is 9.02. The molecule has 0 radical (unpaired) electrons. The van der Waals surface area contributed by atoms with Crippen molar-refractivity contribution in [1.29, 1.82) is 0 Å². The number of carbonyl (C=O) groups excluding carboxylic acids is 1. The Morgan fingerprint density at radius 3 is 2.79 bits per heavy atom. The molecule has 1 aromatic heterocycles. The molecule has 0 bridgehead atoms. The smallest absolute Gasteiger partial charge is 0.242 e. The van der Waals surface area contributed by atoms with Crippen molar-refractivity contribution in [2.75, 3.05) is 43.2 Å². The first-order valence-electron chi connectivity index (χ1n) is 6.20. The molecule has 1 amide bonds. The van der Waals surface area contributed by atoms with Crippen LogP contribution in [0.25, 0.3) is 0 Å². The van der Waals surface area contributed by atoms with Gasteiger partial charge < -0.3 is 20.9 Å². The number of nitrogens with two attached hydrogens (primary N) is 1. The maximum absolute atomic E-state index is 11.8. The highest BCUT2D eigenvalue weighted by Crippen LogP contribution is 2.24. The molecule has 2 heterocycles. The molecule has 104 valence electrons. The standard InChI is InChI=1S/C11H19N7O/c1-13-8(19)7-5-4-6-18(7)11-15-9(12)14-10(16-11)17(2)3/h7H,4-6H2,1-3H3,(H,13,19)(H2,12,14,15,16). The van der Waals surface area contributed by atoms with Crippen LogP contribution in [0.5, 0.6) is 0 Å². The Morgan fingerprint density at radius 2 is 2.16 bits per heavy atom. The van der Waals surface area contributed by atoms with Gasteiger partial charge >= 0.3 is 0 Å². The van der Waals surface area contributed by atoms with E-state index in [9.17, 15) is 4.79 Å². The number of nitrogens with one attached hydrogen (secondary N) is 1. The highest BCUT2D eigenvalue weighted by atomic mass is 16.2. The van der Waals surface area contributed by atoms with Gasteiger partial charge in [0.15, 0.2) is 0 Å². The average Bonchev–Trinajstić information content (AvgIpc) is 2.86. The van der Waals surface area contributed by atoms with Gasteiger partial charge in [-0.2, -0.15) is 15.0 Å². The van der Waals surface area contributed by atoms with Crippen molar-refractivity contribution < 1.29 is 4.79 Å². The minimum atomic E-state index is -0.234. The van der Waals surface area contributed by atoms with Crippen LogP contribution in [-0.4, -0.2) is 54.6 Å². The van der Waals surface area contributed by atoms with Crippen LogP contribution in [-0.2, 0) is 4.79 Å². The van der Waals surface area contributed by atoms with E-state index < -0.39 is 0 Å². The number of rotatable bonds is 3. The zero-order valence-electron chi connectivity index (χ0n) is 11.4. The van der Waals surface area contributed by atoms with E-state index in [-0.39, 0.29) is 17.9 Å². The zero-order valence-corrected chi connectivity index (χ0v) is 11.4. The molecule has 0 saturated carbocycles. The molecule has 8 heteroatoms. The first kappa shape index (κ1) is 13.3. The van der Waals surface area contributed by atoms with Crippen LogP contribution in [0.3, 0.4) is 0 Å². The fraction of sp³-hybridized carbons (Fsp3) is 0.636. The molecule has 19 heavy (non-hydrogen) atoms. The van der Waals surface area contributed by atoms with Crippen molar-refractivity contribution in [3.8, 4) is 0 Å². The Balaban J connectivity index is 2.32. The van der Waals surface area contributed by atoms with Crippen molar-refractivity contribution in [1.82, 2.24) is 20.3 Å². The van der Waals surface area contributed by atoms with Crippen molar-refractivity contribution in [2.24, 2.45) is 0 Å².